The summed E-state index contributed by atoms with van der Waals surface area (Å²) in [6.07, 6.45) is 0. The Balaban J connectivity index is 1.76. The highest BCUT2D eigenvalue weighted by molar-refractivity contribution is 7.99. The van der Waals surface area contributed by atoms with Gasteiger partial charge in [0, 0.05) is 17.2 Å². The monoisotopic (exact) mass is 287 g/mol. The van der Waals surface area contributed by atoms with E-state index >= 15 is 0 Å². The quantitative estimate of drug-likeness (QED) is 0.749. The molecule has 0 aliphatic carbocycles. The summed E-state index contributed by atoms with van der Waals surface area (Å²) in [5, 5.41) is 9.69. The summed E-state index contributed by atoms with van der Waals surface area (Å²) in [5.41, 5.74) is 1.40. The fraction of sp³-hybridized carbons (Fsp3) is 0.133. The molecule has 0 aliphatic rings. The average molecular weight is 287 g/mol. The lowest BCUT2D eigenvalue weighted by Gasteiger charge is -2.04. The molecule has 1 aromatic heterocycles. The third-order valence-electron chi connectivity index (χ3n) is 3.01. The van der Waals surface area contributed by atoms with E-state index in [1.165, 1.54) is 11.8 Å². The Bertz CT molecular complexity index is 791. The van der Waals surface area contributed by atoms with E-state index in [0.29, 0.717) is 17.9 Å². The van der Waals surface area contributed by atoms with Crippen LogP contribution < -0.4 is 5.76 Å². The molecule has 0 aliphatic heterocycles. The highest BCUT2D eigenvalue weighted by Gasteiger charge is 2.08. The number of hydrogen-bond acceptors (Lipinski definition) is 4. The van der Waals surface area contributed by atoms with Crippen molar-refractivity contribution in [2.75, 3.05) is 5.75 Å². The van der Waals surface area contributed by atoms with Gasteiger partial charge < -0.3 is 9.52 Å². The van der Waals surface area contributed by atoms with Crippen LogP contribution in [0.2, 0.25) is 0 Å². The Labute approximate surface area is 119 Å². The summed E-state index contributed by atoms with van der Waals surface area (Å²) >= 11 is 1.51. The molecular weight excluding hydrogens is 274 g/mol. The number of thioether (sulfide) groups is 1. The molecular formula is C15H13NO3S. The van der Waals surface area contributed by atoms with Gasteiger partial charge in [0.25, 0.3) is 0 Å². The highest BCUT2D eigenvalue weighted by Crippen LogP contribution is 2.27. The maximum Gasteiger partial charge on any atom is 0.419 e. The second-order valence-electron chi connectivity index (χ2n) is 4.30. The second kappa shape index (κ2) is 5.46. The van der Waals surface area contributed by atoms with Gasteiger partial charge in [0.15, 0.2) is 5.58 Å². The summed E-state index contributed by atoms with van der Waals surface area (Å²) in [4.78, 5) is 12.6. The summed E-state index contributed by atoms with van der Waals surface area (Å²) < 4.78 is 6.79. The smallest absolute Gasteiger partial charge is 0.419 e. The lowest BCUT2D eigenvalue weighted by Crippen LogP contribution is -2.15. The van der Waals surface area contributed by atoms with Gasteiger partial charge in [0.05, 0.1) is 5.52 Å². The molecule has 102 valence electrons. The minimum Gasteiger partial charge on any atom is -0.507 e. The van der Waals surface area contributed by atoms with Crippen molar-refractivity contribution >= 4 is 22.9 Å². The second-order valence-corrected chi connectivity index (χ2v) is 5.44. The zero-order valence-electron chi connectivity index (χ0n) is 10.7. The van der Waals surface area contributed by atoms with Gasteiger partial charge in [0.1, 0.15) is 5.75 Å². The first kappa shape index (κ1) is 12.9. The number of phenols is 1. The van der Waals surface area contributed by atoms with Gasteiger partial charge in [-0.2, -0.15) is 0 Å². The van der Waals surface area contributed by atoms with Crippen molar-refractivity contribution in [3.05, 3.63) is 59.1 Å². The number of rotatable bonds is 4. The zero-order chi connectivity index (χ0) is 13.9. The van der Waals surface area contributed by atoms with E-state index < -0.39 is 0 Å². The molecule has 0 amide bonds. The van der Waals surface area contributed by atoms with Gasteiger partial charge in [-0.25, -0.2) is 4.79 Å². The number of fused-ring (bicyclic) bond motifs is 1. The van der Waals surface area contributed by atoms with Crippen LogP contribution in [0, 0.1) is 0 Å². The van der Waals surface area contributed by atoms with Crippen molar-refractivity contribution in [1.29, 1.82) is 0 Å². The lowest BCUT2D eigenvalue weighted by molar-refractivity contribution is 0.462. The van der Waals surface area contributed by atoms with Gasteiger partial charge in [-0.1, -0.05) is 24.3 Å². The number of hydrogen-bond donors (Lipinski definition) is 1. The molecule has 0 unspecified atom stereocenters. The predicted octanol–water partition coefficient (Wildman–Crippen LogP) is 3.09. The minimum absolute atomic E-state index is 0.266. The number of para-hydroxylation sites is 3. The number of aromatic nitrogens is 1. The predicted molar refractivity (Wildman–Crippen MR) is 79.3 cm³/mol. The molecule has 3 rings (SSSR count). The summed E-state index contributed by atoms with van der Waals surface area (Å²) in [7, 11) is 0. The standard InChI is InChI=1S/C15H13NO3S/c17-12-6-2-4-8-14(12)20-10-9-16-11-5-1-3-7-13(11)19-15(16)18/h1-8,17H,9-10H2. The Morgan fingerprint density at radius 2 is 1.85 bits per heavy atom. The highest BCUT2D eigenvalue weighted by atomic mass is 32.2. The number of benzene rings is 2. The summed E-state index contributed by atoms with van der Waals surface area (Å²) in [5.74, 6) is 0.604. The molecule has 1 N–H and O–H groups in total. The molecule has 0 saturated heterocycles. The van der Waals surface area contributed by atoms with E-state index in [-0.39, 0.29) is 11.5 Å². The van der Waals surface area contributed by atoms with Gasteiger partial charge in [0.2, 0.25) is 0 Å². The molecule has 0 radical (unpaired) electrons. The van der Waals surface area contributed by atoms with E-state index in [2.05, 4.69) is 0 Å². The topological polar surface area (TPSA) is 55.4 Å². The molecule has 4 nitrogen and oxygen atoms in total. The largest absolute Gasteiger partial charge is 0.507 e. The number of phenolic OH excluding ortho intramolecular Hbond substituents is 1. The van der Waals surface area contributed by atoms with Gasteiger partial charge >= 0.3 is 5.76 Å². The molecule has 20 heavy (non-hydrogen) atoms. The SMILES string of the molecule is O=c1oc2ccccc2n1CCSc1ccccc1O. The van der Waals surface area contributed by atoms with Crippen molar-refractivity contribution in [3.63, 3.8) is 0 Å². The molecule has 3 aromatic rings. The molecule has 0 saturated carbocycles. The van der Waals surface area contributed by atoms with Crippen molar-refractivity contribution in [2.45, 2.75) is 11.4 Å². The number of oxazole rings is 1. The van der Waals surface area contributed by atoms with E-state index in [1.807, 2.05) is 30.3 Å². The first-order valence-corrected chi connectivity index (χ1v) is 7.23. The Kier molecular flexibility index (Phi) is 3.52. The number of aryl methyl sites for hydroxylation is 1. The first-order chi connectivity index (χ1) is 9.75. The minimum atomic E-state index is -0.343. The molecule has 0 bridgehead atoms. The maximum atomic E-state index is 11.8. The van der Waals surface area contributed by atoms with Gasteiger partial charge in [-0.15, -0.1) is 11.8 Å². The van der Waals surface area contributed by atoms with Crippen LogP contribution in [0.4, 0.5) is 0 Å². The van der Waals surface area contributed by atoms with Crippen LogP contribution in [0.15, 0.2) is 62.6 Å². The Morgan fingerprint density at radius 1 is 1.10 bits per heavy atom. The van der Waals surface area contributed by atoms with Gasteiger partial charge in [-0.05, 0) is 24.3 Å². The van der Waals surface area contributed by atoms with Crippen LogP contribution >= 0.6 is 11.8 Å². The van der Waals surface area contributed by atoms with E-state index in [9.17, 15) is 9.90 Å². The van der Waals surface area contributed by atoms with Gasteiger partial charge in [-0.3, -0.25) is 4.57 Å². The van der Waals surface area contributed by atoms with E-state index in [1.54, 1.807) is 22.8 Å². The van der Waals surface area contributed by atoms with Crippen LogP contribution in [0.25, 0.3) is 11.1 Å². The third-order valence-corrected chi connectivity index (χ3v) is 4.05. The van der Waals surface area contributed by atoms with Crippen molar-refractivity contribution in [1.82, 2.24) is 4.57 Å². The van der Waals surface area contributed by atoms with Crippen molar-refractivity contribution in [3.8, 4) is 5.75 Å². The lowest BCUT2D eigenvalue weighted by atomic mass is 10.3. The van der Waals surface area contributed by atoms with E-state index in [0.717, 1.165) is 10.4 Å². The molecule has 5 heteroatoms. The molecule has 1 heterocycles. The van der Waals surface area contributed by atoms with Crippen molar-refractivity contribution in [2.24, 2.45) is 0 Å². The fourth-order valence-electron chi connectivity index (χ4n) is 2.05. The van der Waals surface area contributed by atoms with Crippen molar-refractivity contribution < 1.29 is 9.52 Å². The van der Waals surface area contributed by atoms with Crippen LogP contribution in [-0.2, 0) is 6.54 Å². The summed E-state index contributed by atoms with van der Waals surface area (Å²) in [6.45, 7) is 0.537. The molecule has 2 aromatic carbocycles. The molecule has 0 fully saturated rings. The Hall–Kier alpha value is -2.14. The number of nitrogens with zero attached hydrogens (tertiary/aromatic N) is 1. The van der Waals surface area contributed by atoms with E-state index in [4.69, 9.17) is 4.42 Å². The molecule has 0 atom stereocenters. The van der Waals surface area contributed by atoms with Crippen LogP contribution in [-0.4, -0.2) is 15.4 Å². The zero-order valence-corrected chi connectivity index (χ0v) is 11.5. The van der Waals surface area contributed by atoms with Crippen LogP contribution in [0.1, 0.15) is 0 Å². The maximum absolute atomic E-state index is 11.8. The average Bonchev–Trinajstić information content (AvgIpc) is 2.77. The Morgan fingerprint density at radius 3 is 2.70 bits per heavy atom. The first-order valence-electron chi connectivity index (χ1n) is 6.25. The normalized spacial score (nSPS) is 11.0. The number of aromatic hydroxyl groups is 1. The fourth-order valence-corrected chi connectivity index (χ4v) is 2.94. The molecule has 0 spiro atoms. The third kappa shape index (κ3) is 2.44. The van der Waals surface area contributed by atoms with Crippen LogP contribution in [0.5, 0.6) is 5.75 Å². The van der Waals surface area contributed by atoms with Crippen LogP contribution in [0.3, 0.4) is 0 Å². The summed E-state index contributed by atoms with van der Waals surface area (Å²) in [6, 6.07) is 14.5.